The molecule has 0 spiro atoms. The number of rotatable bonds is 14. The van der Waals surface area contributed by atoms with Crippen molar-refractivity contribution in [3.8, 4) is 0 Å². The zero-order valence-corrected chi connectivity index (χ0v) is 15.8. The van der Waals surface area contributed by atoms with Gasteiger partial charge in [-0.15, -0.1) is 0 Å². The first-order valence-electron chi connectivity index (χ1n) is 9.31. The number of hydrogen-bond donors (Lipinski definition) is 1. The predicted octanol–water partition coefficient (Wildman–Crippen LogP) is 6.79. The molecule has 0 unspecified atom stereocenters. The summed E-state index contributed by atoms with van der Waals surface area (Å²) in [4.78, 5) is 10.3. The van der Waals surface area contributed by atoms with Crippen molar-refractivity contribution in [3.05, 3.63) is 72.9 Å². The van der Waals surface area contributed by atoms with Crippen LogP contribution in [-0.2, 0) is 4.79 Å². The van der Waals surface area contributed by atoms with Gasteiger partial charge in [-0.05, 0) is 44.4 Å². The third-order valence-corrected chi connectivity index (χ3v) is 3.44. The largest absolute Gasteiger partial charge is 0.481 e. The van der Waals surface area contributed by atoms with Gasteiger partial charge in [0.15, 0.2) is 0 Å². The lowest BCUT2D eigenvalue weighted by atomic mass is 10.1. The topological polar surface area (TPSA) is 37.3 Å². The van der Waals surface area contributed by atoms with E-state index in [0.717, 1.165) is 32.1 Å². The highest BCUT2D eigenvalue weighted by Gasteiger charge is 1.91. The van der Waals surface area contributed by atoms with E-state index in [1.54, 1.807) is 0 Å². The summed E-state index contributed by atoms with van der Waals surface area (Å²) in [5.74, 6) is -0.153. The number of carboxylic acid groups (broad SMARTS) is 1. The Morgan fingerprint density at radius 1 is 0.840 bits per heavy atom. The molecule has 0 aliphatic carbocycles. The maximum atomic E-state index is 10.3. The minimum Gasteiger partial charge on any atom is -0.481 e. The fourth-order valence-electron chi connectivity index (χ4n) is 2.01. The lowest BCUT2D eigenvalue weighted by molar-refractivity contribution is -0.136. The Morgan fingerprint density at radius 2 is 1.44 bits per heavy atom. The predicted molar refractivity (Wildman–Crippen MR) is 110 cm³/mol. The van der Waals surface area contributed by atoms with E-state index in [9.17, 15) is 4.79 Å². The molecule has 2 nitrogen and oxygen atoms in total. The summed E-state index contributed by atoms with van der Waals surface area (Å²) in [6.07, 6.45) is 31.4. The average molecular weight is 343 g/mol. The fourth-order valence-corrected chi connectivity index (χ4v) is 2.01. The van der Waals surface area contributed by atoms with Crippen molar-refractivity contribution in [1.82, 2.24) is 0 Å². The van der Waals surface area contributed by atoms with Gasteiger partial charge < -0.3 is 5.11 Å². The third kappa shape index (κ3) is 19.9. The van der Waals surface area contributed by atoms with E-state index in [1.807, 2.05) is 12.2 Å². The van der Waals surface area contributed by atoms with Crippen LogP contribution < -0.4 is 0 Å². The molecule has 138 valence electrons. The molecular weight excluding hydrogens is 308 g/mol. The molecule has 0 aromatic rings. The van der Waals surface area contributed by atoms with Crippen molar-refractivity contribution >= 4 is 5.97 Å². The number of hydrogen-bond acceptors (Lipinski definition) is 1. The lowest BCUT2D eigenvalue weighted by Gasteiger charge is -1.99. The fraction of sp³-hybridized carbons (Fsp3) is 0.435. The third-order valence-electron chi connectivity index (χ3n) is 3.44. The van der Waals surface area contributed by atoms with Gasteiger partial charge in [0.2, 0.25) is 0 Å². The second kappa shape index (κ2) is 18.3. The van der Waals surface area contributed by atoms with Crippen molar-refractivity contribution in [2.75, 3.05) is 0 Å². The summed E-state index contributed by atoms with van der Waals surface area (Å²) in [6.45, 7) is 4.39. The quantitative estimate of drug-likeness (QED) is 0.278. The first-order valence-corrected chi connectivity index (χ1v) is 9.31. The molecule has 0 saturated carbocycles. The normalized spacial score (nSPS) is 14.3. The van der Waals surface area contributed by atoms with E-state index < -0.39 is 5.97 Å². The molecule has 0 aromatic heterocycles. The molecule has 0 aliphatic heterocycles. The van der Waals surface area contributed by atoms with E-state index in [-0.39, 0.29) is 6.42 Å². The summed E-state index contributed by atoms with van der Waals surface area (Å²) >= 11 is 0. The summed E-state index contributed by atoms with van der Waals surface area (Å²) in [5, 5.41) is 8.50. The van der Waals surface area contributed by atoms with Crippen molar-refractivity contribution in [1.29, 1.82) is 0 Å². The molecule has 0 aromatic carbocycles. The molecular formula is C23H34O2. The minimum atomic E-state index is -0.742. The SMILES string of the molecule is CC/C=C\C[C@H](C)/C=C/C=C\C/C=C\C/C=C\C/C=C\CCC(=O)O. The molecule has 0 rings (SSSR count). The van der Waals surface area contributed by atoms with Gasteiger partial charge in [-0.1, -0.05) is 86.8 Å². The Kier molecular flexibility index (Phi) is 16.7. The highest BCUT2D eigenvalue weighted by atomic mass is 16.4. The Hall–Kier alpha value is -2.09. The number of carbonyl (C=O) groups is 1. The van der Waals surface area contributed by atoms with Crippen LogP contribution in [0, 0.1) is 5.92 Å². The van der Waals surface area contributed by atoms with Gasteiger partial charge in [-0.25, -0.2) is 0 Å². The van der Waals surface area contributed by atoms with Crippen LogP contribution in [0.3, 0.4) is 0 Å². The van der Waals surface area contributed by atoms with E-state index in [2.05, 4.69) is 74.6 Å². The van der Waals surface area contributed by atoms with Crippen LogP contribution in [0.15, 0.2) is 72.9 Å². The average Bonchev–Trinajstić information content (AvgIpc) is 2.58. The Labute approximate surface area is 154 Å². The van der Waals surface area contributed by atoms with Gasteiger partial charge in [-0.3, -0.25) is 4.79 Å². The molecule has 1 atom stereocenters. The Morgan fingerprint density at radius 3 is 2.04 bits per heavy atom. The van der Waals surface area contributed by atoms with Gasteiger partial charge in [0.25, 0.3) is 0 Å². The van der Waals surface area contributed by atoms with Crippen LogP contribution in [0.4, 0.5) is 0 Å². The molecule has 0 aliphatic rings. The van der Waals surface area contributed by atoms with Crippen LogP contribution >= 0.6 is 0 Å². The van der Waals surface area contributed by atoms with Crippen molar-refractivity contribution in [2.24, 2.45) is 5.92 Å². The van der Waals surface area contributed by atoms with E-state index in [0.29, 0.717) is 12.3 Å². The highest BCUT2D eigenvalue weighted by molar-refractivity contribution is 5.66. The molecule has 2 heteroatoms. The number of aliphatic carboxylic acids is 1. The second-order valence-electron chi connectivity index (χ2n) is 5.96. The van der Waals surface area contributed by atoms with Crippen LogP contribution in [0.5, 0.6) is 0 Å². The molecule has 0 radical (unpaired) electrons. The molecule has 0 heterocycles. The molecule has 0 bridgehead atoms. The van der Waals surface area contributed by atoms with Gasteiger partial charge >= 0.3 is 5.97 Å². The molecule has 0 fully saturated rings. The van der Waals surface area contributed by atoms with Crippen LogP contribution in [0.1, 0.15) is 58.8 Å². The maximum absolute atomic E-state index is 10.3. The first-order chi connectivity index (χ1) is 12.2. The summed E-state index contributed by atoms with van der Waals surface area (Å²) < 4.78 is 0. The monoisotopic (exact) mass is 342 g/mol. The lowest BCUT2D eigenvalue weighted by Crippen LogP contribution is -1.91. The van der Waals surface area contributed by atoms with E-state index in [1.165, 1.54) is 0 Å². The standard InChI is InChI=1S/C23H34O2/c1-3-4-16-19-22(2)20-17-14-12-10-8-6-5-7-9-11-13-15-18-21-23(24)25/h4,6-9,12-17,20,22H,3,5,10-11,18-19,21H2,1-2H3,(H,24,25)/b8-6-,9-7-,14-12-,15-13-,16-4-,20-17+/t22-/m0/s1. The number of allylic oxidation sites excluding steroid dienone is 12. The minimum absolute atomic E-state index is 0.209. The van der Waals surface area contributed by atoms with Crippen LogP contribution in [-0.4, -0.2) is 11.1 Å². The van der Waals surface area contributed by atoms with Gasteiger partial charge in [0.1, 0.15) is 0 Å². The summed E-state index contributed by atoms with van der Waals surface area (Å²) in [6, 6.07) is 0. The molecule has 0 amide bonds. The van der Waals surface area contributed by atoms with Crippen molar-refractivity contribution < 1.29 is 9.90 Å². The molecule has 25 heavy (non-hydrogen) atoms. The summed E-state index contributed by atoms with van der Waals surface area (Å²) in [5.41, 5.74) is 0. The van der Waals surface area contributed by atoms with Crippen molar-refractivity contribution in [2.45, 2.75) is 58.8 Å². The molecule has 0 saturated heterocycles. The zero-order valence-electron chi connectivity index (χ0n) is 15.8. The van der Waals surface area contributed by atoms with Crippen LogP contribution in [0.25, 0.3) is 0 Å². The highest BCUT2D eigenvalue weighted by Crippen LogP contribution is 2.05. The van der Waals surface area contributed by atoms with Crippen molar-refractivity contribution in [3.63, 3.8) is 0 Å². The Balaban J connectivity index is 3.66. The summed E-state index contributed by atoms with van der Waals surface area (Å²) in [7, 11) is 0. The first kappa shape index (κ1) is 22.9. The number of carboxylic acids is 1. The maximum Gasteiger partial charge on any atom is 0.303 e. The van der Waals surface area contributed by atoms with Gasteiger partial charge in [-0.2, -0.15) is 0 Å². The Bertz CT molecular complexity index is 490. The van der Waals surface area contributed by atoms with Gasteiger partial charge in [0.05, 0.1) is 0 Å². The molecule has 1 N–H and O–H groups in total. The van der Waals surface area contributed by atoms with E-state index in [4.69, 9.17) is 5.11 Å². The van der Waals surface area contributed by atoms with Gasteiger partial charge in [0, 0.05) is 6.42 Å². The van der Waals surface area contributed by atoms with Crippen LogP contribution in [0.2, 0.25) is 0 Å². The van der Waals surface area contributed by atoms with E-state index >= 15 is 0 Å². The zero-order chi connectivity index (χ0) is 18.6. The smallest absolute Gasteiger partial charge is 0.303 e. The second-order valence-corrected chi connectivity index (χ2v) is 5.96.